The standard InChI is InChI=1S/C14H24NO6P/c1-19-8-6-14(7-9-20-2,22(16,17)18)11-4-5-12(15)13(10-11)21-3/h4-5,10H,6-9,15H2,1-3H3,(H2,16,17,18). The van der Waals surface area contributed by atoms with E-state index < -0.39 is 12.8 Å². The van der Waals surface area contributed by atoms with Crippen molar-refractivity contribution in [3.05, 3.63) is 23.8 Å². The van der Waals surface area contributed by atoms with E-state index >= 15 is 0 Å². The van der Waals surface area contributed by atoms with Gasteiger partial charge in [-0.25, -0.2) is 0 Å². The van der Waals surface area contributed by atoms with Gasteiger partial charge in [-0.15, -0.1) is 0 Å². The molecule has 0 unspecified atom stereocenters. The van der Waals surface area contributed by atoms with E-state index in [9.17, 15) is 14.4 Å². The predicted octanol–water partition coefficient (Wildman–Crippen LogP) is 1.72. The maximum absolute atomic E-state index is 12.3. The molecule has 0 heterocycles. The number of hydrogen-bond acceptors (Lipinski definition) is 5. The maximum atomic E-state index is 12.3. The molecule has 126 valence electrons. The summed E-state index contributed by atoms with van der Waals surface area (Å²) in [7, 11) is -0.0519. The molecule has 1 rings (SSSR count). The van der Waals surface area contributed by atoms with Crippen LogP contribution in [0.2, 0.25) is 0 Å². The lowest BCUT2D eigenvalue weighted by Gasteiger charge is -2.35. The van der Waals surface area contributed by atoms with Crippen molar-refractivity contribution in [3.63, 3.8) is 0 Å². The number of methoxy groups -OCH3 is 3. The van der Waals surface area contributed by atoms with Crippen LogP contribution in [0.5, 0.6) is 5.75 Å². The normalized spacial score (nSPS) is 12.4. The van der Waals surface area contributed by atoms with Gasteiger partial charge >= 0.3 is 7.60 Å². The van der Waals surface area contributed by atoms with Gasteiger partial charge < -0.3 is 29.7 Å². The minimum absolute atomic E-state index is 0.157. The zero-order valence-corrected chi connectivity index (χ0v) is 14.0. The molecule has 0 aliphatic heterocycles. The smallest absolute Gasteiger partial charge is 0.336 e. The molecule has 4 N–H and O–H groups in total. The third-order valence-electron chi connectivity index (χ3n) is 3.77. The Kier molecular flexibility index (Phi) is 6.84. The summed E-state index contributed by atoms with van der Waals surface area (Å²) in [5.74, 6) is 0.380. The van der Waals surface area contributed by atoms with Crippen molar-refractivity contribution >= 4 is 13.3 Å². The second-order valence-electron chi connectivity index (χ2n) is 5.02. The average Bonchev–Trinajstić information content (AvgIpc) is 2.47. The Morgan fingerprint density at radius 3 is 2.09 bits per heavy atom. The van der Waals surface area contributed by atoms with Gasteiger partial charge in [0.05, 0.1) is 12.8 Å². The highest BCUT2D eigenvalue weighted by Gasteiger charge is 2.47. The Balaban J connectivity index is 3.42. The molecule has 1 aromatic rings. The van der Waals surface area contributed by atoms with Crippen molar-refractivity contribution in [1.29, 1.82) is 0 Å². The molecule has 0 atom stereocenters. The Labute approximate surface area is 130 Å². The summed E-state index contributed by atoms with van der Waals surface area (Å²) in [6, 6.07) is 4.76. The number of nitrogens with two attached hydrogens (primary N) is 1. The first-order valence-corrected chi connectivity index (χ1v) is 8.41. The molecule has 0 saturated heterocycles. The van der Waals surface area contributed by atoms with E-state index in [2.05, 4.69) is 0 Å². The predicted molar refractivity (Wildman–Crippen MR) is 84.1 cm³/mol. The second-order valence-corrected chi connectivity index (χ2v) is 6.96. The zero-order valence-electron chi connectivity index (χ0n) is 13.1. The summed E-state index contributed by atoms with van der Waals surface area (Å²) >= 11 is 0. The van der Waals surface area contributed by atoms with Crippen LogP contribution in [0, 0.1) is 0 Å². The molecular weight excluding hydrogens is 309 g/mol. The van der Waals surface area contributed by atoms with Gasteiger partial charge in [0.25, 0.3) is 0 Å². The van der Waals surface area contributed by atoms with Crippen LogP contribution >= 0.6 is 7.60 Å². The Bertz CT molecular complexity index is 522. The van der Waals surface area contributed by atoms with Gasteiger partial charge in [0.2, 0.25) is 0 Å². The summed E-state index contributed by atoms with van der Waals surface area (Å²) in [6.07, 6.45) is 0.314. The van der Waals surface area contributed by atoms with E-state index in [0.29, 0.717) is 17.0 Å². The van der Waals surface area contributed by atoms with Crippen molar-refractivity contribution < 1.29 is 28.6 Å². The molecule has 22 heavy (non-hydrogen) atoms. The highest BCUT2D eigenvalue weighted by molar-refractivity contribution is 7.53. The minimum Gasteiger partial charge on any atom is -0.495 e. The highest BCUT2D eigenvalue weighted by Crippen LogP contribution is 2.61. The Morgan fingerprint density at radius 1 is 1.14 bits per heavy atom. The zero-order chi connectivity index (χ0) is 16.8. The van der Waals surface area contributed by atoms with Gasteiger partial charge in [-0.3, -0.25) is 4.57 Å². The molecule has 0 spiro atoms. The molecule has 0 bridgehead atoms. The molecular formula is C14H24NO6P. The number of hydrogen-bond donors (Lipinski definition) is 3. The molecule has 1 aromatic carbocycles. The summed E-state index contributed by atoms with van der Waals surface area (Å²) < 4.78 is 27.5. The lowest BCUT2D eigenvalue weighted by atomic mass is 9.91. The van der Waals surface area contributed by atoms with Gasteiger partial charge in [-0.1, -0.05) is 6.07 Å². The van der Waals surface area contributed by atoms with Gasteiger partial charge in [0, 0.05) is 27.4 Å². The van der Waals surface area contributed by atoms with Crippen LogP contribution < -0.4 is 10.5 Å². The third-order valence-corrected chi connectivity index (χ3v) is 5.59. The van der Waals surface area contributed by atoms with E-state index in [1.165, 1.54) is 21.3 Å². The van der Waals surface area contributed by atoms with E-state index in [1.807, 2.05) is 0 Å². The van der Waals surface area contributed by atoms with Crippen molar-refractivity contribution in [2.24, 2.45) is 0 Å². The third kappa shape index (κ3) is 4.00. The SMILES string of the molecule is COCCC(CCOC)(c1ccc(N)c(OC)c1)P(=O)(O)O. The van der Waals surface area contributed by atoms with Crippen molar-refractivity contribution in [3.8, 4) is 5.75 Å². The number of anilines is 1. The topological polar surface area (TPSA) is 111 Å². The van der Waals surface area contributed by atoms with Gasteiger partial charge in [0.15, 0.2) is 0 Å². The average molecular weight is 333 g/mol. The van der Waals surface area contributed by atoms with Crippen molar-refractivity contribution in [1.82, 2.24) is 0 Å². The fourth-order valence-corrected chi connectivity index (χ4v) is 3.66. The molecule has 0 saturated carbocycles. The summed E-state index contributed by atoms with van der Waals surface area (Å²) in [6.45, 7) is 0.420. The van der Waals surface area contributed by atoms with Crippen molar-refractivity contribution in [2.75, 3.05) is 40.3 Å². The fourth-order valence-electron chi connectivity index (χ4n) is 2.42. The molecule has 0 aromatic heterocycles. The fraction of sp³-hybridized carbons (Fsp3) is 0.571. The van der Waals surface area contributed by atoms with Crippen LogP contribution in [0.3, 0.4) is 0 Å². The van der Waals surface area contributed by atoms with Crippen LogP contribution in [0.25, 0.3) is 0 Å². The van der Waals surface area contributed by atoms with E-state index in [4.69, 9.17) is 19.9 Å². The van der Waals surface area contributed by atoms with Crippen LogP contribution in [-0.2, 0) is 19.2 Å². The number of benzene rings is 1. The summed E-state index contributed by atoms with van der Waals surface area (Å²) in [4.78, 5) is 20.0. The first-order chi connectivity index (χ1) is 10.3. The molecule has 0 aliphatic rings. The quantitative estimate of drug-likeness (QED) is 0.466. The first-order valence-electron chi connectivity index (χ1n) is 6.80. The molecule has 0 radical (unpaired) electrons. The van der Waals surface area contributed by atoms with Gasteiger partial charge in [-0.2, -0.15) is 0 Å². The maximum Gasteiger partial charge on any atom is 0.336 e. The summed E-state index contributed by atoms with van der Waals surface area (Å²) in [5, 5.41) is -1.40. The largest absolute Gasteiger partial charge is 0.495 e. The monoisotopic (exact) mass is 333 g/mol. The Hall–Kier alpha value is -1.11. The van der Waals surface area contributed by atoms with E-state index in [0.717, 1.165) is 0 Å². The first kappa shape index (κ1) is 18.9. The van der Waals surface area contributed by atoms with Crippen LogP contribution in [-0.4, -0.2) is 44.3 Å². The Morgan fingerprint density at radius 2 is 1.68 bits per heavy atom. The lowest BCUT2D eigenvalue weighted by molar-refractivity contribution is 0.143. The van der Waals surface area contributed by atoms with E-state index in [-0.39, 0.29) is 26.1 Å². The molecule has 0 fully saturated rings. The summed E-state index contributed by atoms with van der Waals surface area (Å²) in [5.41, 5.74) is 6.65. The number of rotatable bonds is 9. The van der Waals surface area contributed by atoms with Crippen molar-refractivity contribution in [2.45, 2.75) is 18.0 Å². The van der Waals surface area contributed by atoms with Gasteiger partial charge in [-0.05, 0) is 30.5 Å². The lowest BCUT2D eigenvalue weighted by Crippen LogP contribution is -2.30. The minimum atomic E-state index is -4.49. The molecule has 0 amide bonds. The molecule has 8 heteroatoms. The van der Waals surface area contributed by atoms with Crippen LogP contribution in [0.1, 0.15) is 18.4 Å². The van der Waals surface area contributed by atoms with Gasteiger partial charge in [0.1, 0.15) is 10.9 Å². The van der Waals surface area contributed by atoms with E-state index in [1.54, 1.807) is 18.2 Å². The highest BCUT2D eigenvalue weighted by atomic mass is 31.2. The molecule has 7 nitrogen and oxygen atoms in total. The number of ether oxygens (including phenoxy) is 3. The second kappa shape index (κ2) is 7.94. The number of nitrogen functional groups attached to an aromatic ring is 1. The van der Waals surface area contributed by atoms with Crippen LogP contribution in [0.15, 0.2) is 18.2 Å². The molecule has 0 aliphatic carbocycles. The van der Waals surface area contributed by atoms with Crippen LogP contribution in [0.4, 0.5) is 5.69 Å².